The molecule has 0 spiro atoms. The third kappa shape index (κ3) is 5.35. The molecule has 0 heterocycles. The quantitative estimate of drug-likeness (QED) is 0.386. The summed E-state index contributed by atoms with van der Waals surface area (Å²) in [5.41, 5.74) is -0.463. The first-order chi connectivity index (χ1) is 10.0. The molecule has 4 nitrogen and oxygen atoms in total. The van der Waals surface area contributed by atoms with Crippen LogP contribution in [0, 0.1) is 11.6 Å². The van der Waals surface area contributed by atoms with E-state index in [0.29, 0.717) is 19.0 Å². The largest absolute Gasteiger partial charge is 0.388 e. The van der Waals surface area contributed by atoms with Crippen molar-refractivity contribution < 1.29 is 13.9 Å². The lowest BCUT2D eigenvalue weighted by Crippen LogP contribution is -2.50. The molecule has 0 atom stereocenters. The SMILES string of the molecule is CCNC(=NCc1cc(F)ccc1F)NCC1(O)CCC1.I. The van der Waals surface area contributed by atoms with Crippen LogP contribution in [0.2, 0.25) is 0 Å². The third-order valence-corrected chi connectivity index (χ3v) is 3.63. The highest BCUT2D eigenvalue weighted by atomic mass is 127. The van der Waals surface area contributed by atoms with E-state index in [1.807, 2.05) is 6.92 Å². The number of aliphatic imine (C=N–C) groups is 1. The Kier molecular flexibility index (Phi) is 7.47. The minimum Gasteiger partial charge on any atom is -0.388 e. The van der Waals surface area contributed by atoms with Crippen LogP contribution in [0.25, 0.3) is 0 Å². The Morgan fingerprint density at radius 1 is 1.32 bits per heavy atom. The number of rotatable bonds is 5. The molecular formula is C15H22F2IN3O. The second-order valence-corrected chi connectivity index (χ2v) is 5.36. The zero-order valence-corrected chi connectivity index (χ0v) is 14.9. The molecule has 3 N–H and O–H groups in total. The fourth-order valence-electron chi connectivity index (χ4n) is 2.18. The van der Waals surface area contributed by atoms with Crippen LogP contribution in [0.4, 0.5) is 8.78 Å². The molecule has 1 aliphatic carbocycles. The molecule has 124 valence electrons. The summed E-state index contributed by atoms with van der Waals surface area (Å²) in [5.74, 6) is -0.474. The second kappa shape index (κ2) is 8.61. The van der Waals surface area contributed by atoms with Gasteiger partial charge in [-0.25, -0.2) is 13.8 Å². The minimum absolute atomic E-state index is 0. The van der Waals surface area contributed by atoms with Crippen LogP contribution in [-0.2, 0) is 6.54 Å². The fourth-order valence-corrected chi connectivity index (χ4v) is 2.18. The highest BCUT2D eigenvalue weighted by Gasteiger charge is 2.34. The molecule has 0 unspecified atom stereocenters. The Balaban J connectivity index is 0.00000242. The highest BCUT2D eigenvalue weighted by Crippen LogP contribution is 2.30. The summed E-state index contributed by atoms with van der Waals surface area (Å²) >= 11 is 0. The molecule has 22 heavy (non-hydrogen) atoms. The molecule has 1 saturated carbocycles. The van der Waals surface area contributed by atoms with E-state index >= 15 is 0 Å². The van der Waals surface area contributed by atoms with E-state index in [2.05, 4.69) is 15.6 Å². The first kappa shape index (κ1) is 19.1. The van der Waals surface area contributed by atoms with Gasteiger partial charge in [-0.1, -0.05) is 0 Å². The van der Waals surface area contributed by atoms with Gasteiger partial charge in [0.15, 0.2) is 5.96 Å². The zero-order valence-electron chi connectivity index (χ0n) is 12.5. The van der Waals surface area contributed by atoms with Gasteiger partial charge in [0, 0.05) is 18.7 Å². The summed E-state index contributed by atoms with van der Waals surface area (Å²) in [6, 6.07) is 3.32. The van der Waals surface area contributed by atoms with Gasteiger partial charge in [0.2, 0.25) is 0 Å². The maximum absolute atomic E-state index is 13.5. The number of guanidine groups is 1. The molecule has 0 aliphatic heterocycles. The third-order valence-electron chi connectivity index (χ3n) is 3.63. The Morgan fingerprint density at radius 3 is 2.64 bits per heavy atom. The zero-order chi connectivity index (χ0) is 15.3. The van der Waals surface area contributed by atoms with Crippen molar-refractivity contribution in [2.45, 2.75) is 38.3 Å². The van der Waals surface area contributed by atoms with E-state index in [-0.39, 0.29) is 36.1 Å². The van der Waals surface area contributed by atoms with Crippen molar-refractivity contribution in [3.63, 3.8) is 0 Å². The fraction of sp³-hybridized carbons (Fsp3) is 0.533. The topological polar surface area (TPSA) is 56.7 Å². The van der Waals surface area contributed by atoms with E-state index in [1.165, 1.54) is 0 Å². The maximum atomic E-state index is 13.5. The summed E-state index contributed by atoms with van der Waals surface area (Å²) in [6.07, 6.45) is 2.58. The monoisotopic (exact) mass is 425 g/mol. The number of halogens is 3. The lowest BCUT2D eigenvalue weighted by Gasteiger charge is -2.37. The van der Waals surface area contributed by atoms with Crippen LogP contribution in [0.1, 0.15) is 31.7 Å². The van der Waals surface area contributed by atoms with Crippen molar-refractivity contribution in [3.05, 3.63) is 35.4 Å². The molecule has 0 saturated heterocycles. The lowest BCUT2D eigenvalue weighted by atomic mass is 9.80. The molecule has 0 bridgehead atoms. The van der Waals surface area contributed by atoms with Gasteiger partial charge in [-0.15, -0.1) is 24.0 Å². The molecule has 7 heteroatoms. The average molecular weight is 425 g/mol. The van der Waals surface area contributed by atoms with Crippen LogP contribution < -0.4 is 10.6 Å². The molecule has 1 aromatic carbocycles. The smallest absolute Gasteiger partial charge is 0.191 e. The number of hydrogen-bond acceptors (Lipinski definition) is 2. The first-order valence-electron chi connectivity index (χ1n) is 7.21. The van der Waals surface area contributed by atoms with Crippen LogP contribution >= 0.6 is 24.0 Å². The van der Waals surface area contributed by atoms with E-state index in [4.69, 9.17) is 0 Å². The molecule has 0 amide bonds. The Morgan fingerprint density at radius 2 is 2.05 bits per heavy atom. The normalized spacial score (nSPS) is 16.5. The van der Waals surface area contributed by atoms with Crippen LogP contribution in [0.15, 0.2) is 23.2 Å². The highest BCUT2D eigenvalue weighted by molar-refractivity contribution is 14.0. The summed E-state index contributed by atoms with van der Waals surface area (Å²) in [7, 11) is 0. The average Bonchev–Trinajstić information content (AvgIpc) is 2.43. The molecule has 1 aromatic rings. The van der Waals surface area contributed by atoms with Crippen LogP contribution in [-0.4, -0.2) is 29.8 Å². The molecule has 0 radical (unpaired) electrons. The summed E-state index contributed by atoms with van der Waals surface area (Å²) in [5, 5.41) is 16.1. The van der Waals surface area contributed by atoms with Crippen molar-refractivity contribution in [1.29, 1.82) is 0 Å². The van der Waals surface area contributed by atoms with E-state index < -0.39 is 17.2 Å². The van der Waals surface area contributed by atoms with Crippen molar-refractivity contribution in [1.82, 2.24) is 10.6 Å². The molecule has 2 rings (SSSR count). The van der Waals surface area contributed by atoms with Gasteiger partial charge in [-0.2, -0.15) is 0 Å². The number of nitrogens with zero attached hydrogens (tertiary/aromatic N) is 1. The molecular weight excluding hydrogens is 403 g/mol. The van der Waals surface area contributed by atoms with Crippen molar-refractivity contribution in [2.75, 3.05) is 13.1 Å². The number of hydrogen-bond donors (Lipinski definition) is 3. The van der Waals surface area contributed by atoms with E-state index in [0.717, 1.165) is 37.5 Å². The maximum Gasteiger partial charge on any atom is 0.191 e. The standard InChI is InChI=1S/C15H21F2N3O.HI/c1-2-18-14(20-10-15(21)6-3-7-15)19-9-11-8-12(16)4-5-13(11)17;/h4-5,8,21H,2-3,6-7,9-10H2,1H3,(H2,18,19,20);1H. The number of benzene rings is 1. The van der Waals surface area contributed by atoms with E-state index in [9.17, 15) is 13.9 Å². The number of aliphatic hydroxyl groups is 1. The summed E-state index contributed by atoms with van der Waals surface area (Å²) in [4.78, 5) is 4.22. The van der Waals surface area contributed by atoms with Crippen molar-refractivity contribution in [2.24, 2.45) is 4.99 Å². The van der Waals surface area contributed by atoms with Crippen LogP contribution in [0.3, 0.4) is 0 Å². The predicted octanol–water partition coefficient (Wildman–Crippen LogP) is 2.55. The Labute approximate surface area is 146 Å². The van der Waals surface area contributed by atoms with E-state index in [1.54, 1.807) is 0 Å². The van der Waals surface area contributed by atoms with Gasteiger partial charge < -0.3 is 15.7 Å². The molecule has 1 fully saturated rings. The van der Waals surface area contributed by atoms with Gasteiger partial charge >= 0.3 is 0 Å². The summed E-state index contributed by atoms with van der Waals surface area (Å²) in [6.45, 7) is 3.01. The molecule has 1 aliphatic rings. The number of nitrogens with one attached hydrogen (secondary N) is 2. The van der Waals surface area contributed by atoms with Crippen LogP contribution in [0.5, 0.6) is 0 Å². The second-order valence-electron chi connectivity index (χ2n) is 5.36. The lowest BCUT2D eigenvalue weighted by molar-refractivity contribution is -0.0279. The van der Waals surface area contributed by atoms with Gasteiger partial charge in [-0.3, -0.25) is 0 Å². The van der Waals surface area contributed by atoms with Crippen molar-refractivity contribution in [3.8, 4) is 0 Å². The predicted molar refractivity (Wildman–Crippen MR) is 93.4 cm³/mol. The summed E-state index contributed by atoms with van der Waals surface area (Å²) < 4.78 is 26.6. The van der Waals surface area contributed by atoms with Crippen molar-refractivity contribution >= 4 is 29.9 Å². The van der Waals surface area contributed by atoms with Gasteiger partial charge in [-0.05, 0) is 44.4 Å². The van der Waals surface area contributed by atoms with Gasteiger partial charge in [0.05, 0.1) is 12.1 Å². The van der Waals surface area contributed by atoms with Gasteiger partial charge in [0.25, 0.3) is 0 Å². The minimum atomic E-state index is -0.666. The first-order valence-corrected chi connectivity index (χ1v) is 7.21. The van der Waals surface area contributed by atoms with Gasteiger partial charge in [0.1, 0.15) is 11.6 Å². The Bertz CT molecular complexity index is 522. The Hall–Kier alpha value is -0.960. The molecule has 0 aromatic heterocycles.